The van der Waals surface area contributed by atoms with Crippen LogP contribution in [0.5, 0.6) is 5.75 Å². The minimum absolute atomic E-state index is 0.198. The molecule has 0 aliphatic heterocycles. The van der Waals surface area contributed by atoms with Gasteiger partial charge >= 0.3 is 6.36 Å². The van der Waals surface area contributed by atoms with Crippen molar-refractivity contribution in [1.82, 2.24) is 4.98 Å². The van der Waals surface area contributed by atoms with Gasteiger partial charge in [0, 0.05) is 6.07 Å². The van der Waals surface area contributed by atoms with Gasteiger partial charge in [0.05, 0.1) is 0 Å². The van der Waals surface area contributed by atoms with E-state index in [0.29, 0.717) is 0 Å². The number of nitrogens with two attached hydrogens (primary N) is 3. The normalized spacial score (nSPS) is 11.4. The van der Waals surface area contributed by atoms with Gasteiger partial charge in [-0.2, -0.15) is 0 Å². The molecule has 78 valence electrons. The number of hydrogen-bond acceptors (Lipinski definition) is 5. The molecule has 0 radical (unpaired) electrons. The molecule has 5 nitrogen and oxygen atoms in total. The van der Waals surface area contributed by atoms with Crippen LogP contribution in [0.1, 0.15) is 0 Å². The quantitative estimate of drug-likeness (QED) is 0.631. The molecule has 6 N–H and O–H groups in total. The zero-order chi connectivity index (χ0) is 10.9. The molecule has 1 aromatic heterocycles. The van der Waals surface area contributed by atoms with E-state index in [0.717, 1.165) is 6.07 Å². The number of nitrogens with zero attached hydrogens (tertiary/aromatic N) is 1. The largest absolute Gasteiger partial charge is 0.573 e. The lowest BCUT2D eigenvalue weighted by Crippen LogP contribution is -2.19. The van der Waals surface area contributed by atoms with Gasteiger partial charge in [-0.25, -0.2) is 4.98 Å². The van der Waals surface area contributed by atoms with Crippen LogP contribution in [0, 0.1) is 0 Å². The van der Waals surface area contributed by atoms with E-state index >= 15 is 0 Å². The van der Waals surface area contributed by atoms with Crippen LogP contribution in [0.4, 0.5) is 30.5 Å². The van der Waals surface area contributed by atoms with E-state index in [1.54, 1.807) is 0 Å². The molecule has 0 atom stereocenters. The van der Waals surface area contributed by atoms with Crippen molar-refractivity contribution < 1.29 is 17.9 Å². The number of halogens is 3. The number of nitrogen functional groups attached to an aromatic ring is 3. The molecule has 1 heterocycles. The highest BCUT2D eigenvalue weighted by Gasteiger charge is 2.32. The van der Waals surface area contributed by atoms with Crippen LogP contribution in [-0.4, -0.2) is 11.3 Å². The minimum atomic E-state index is -4.84. The third-order valence-corrected chi connectivity index (χ3v) is 1.30. The van der Waals surface area contributed by atoms with Crippen LogP contribution in [-0.2, 0) is 0 Å². The SMILES string of the molecule is Nc1cc(OC(F)(F)F)c(N)c(N)n1. The van der Waals surface area contributed by atoms with Gasteiger partial charge < -0.3 is 21.9 Å². The molecule has 0 aromatic carbocycles. The van der Waals surface area contributed by atoms with Gasteiger partial charge in [0.2, 0.25) is 0 Å². The molecule has 8 heteroatoms. The van der Waals surface area contributed by atoms with Crippen molar-refractivity contribution in [2.45, 2.75) is 6.36 Å². The van der Waals surface area contributed by atoms with Crippen LogP contribution in [0.2, 0.25) is 0 Å². The third-order valence-electron chi connectivity index (χ3n) is 1.30. The summed E-state index contributed by atoms with van der Waals surface area (Å²) < 4.78 is 39.0. The number of aromatic nitrogens is 1. The lowest BCUT2D eigenvalue weighted by atomic mass is 10.3. The highest BCUT2D eigenvalue weighted by atomic mass is 19.4. The molecule has 0 bridgehead atoms. The van der Waals surface area contributed by atoms with E-state index in [-0.39, 0.29) is 11.6 Å². The summed E-state index contributed by atoms with van der Waals surface area (Å²) in [6, 6.07) is 0.846. The van der Waals surface area contributed by atoms with E-state index in [2.05, 4.69) is 9.72 Å². The first-order chi connectivity index (χ1) is 6.29. The molecule has 0 spiro atoms. The fourth-order valence-electron chi connectivity index (χ4n) is 0.779. The number of anilines is 3. The lowest BCUT2D eigenvalue weighted by molar-refractivity contribution is -0.274. The minimum Gasteiger partial charge on any atom is -0.403 e. The van der Waals surface area contributed by atoms with Gasteiger partial charge in [0.25, 0.3) is 0 Å². The molecular formula is C6H7F3N4O. The Bertz CT molecular complexity index is 352. The summed E-state index contributed by atoms with van der Waals surface area (Å²) in [6.07, 6.45) is -4.84. The van der Waals surface area contributed by atoms with Crippen molar-refractivity contribution in [3.63, 3.8) is 0 Å². The van der Waals surface area contributed by atoms with Gasteiger partial charge in [0.15, 0.2) is 11.6 Å². The molecule has 0 saturated carbocycles. The molecule has 1 rings (SSSR count). The first-order valence-corrected chi connectivity index (χ1v) is 3.37. The summed E-state index contributed by atoms with van der Waals surface area (Å²) in [7, 11) is 0. The van der Waals surface area contributed by atoms with E-state index in [4.69, 9.17) is 17.2 Å². The number of rotatable bonds is 1. The Morgan fingerprint density at radius 1 is 1.21 bits per heavy atom. The Hall–Kier alpha value is -1.86. The topological polar surface area (TPSA) is 100 Å². The molecule has 0 fully saturated rings. The predicted molar refractivity (Wildman–Crippen MR) is 44.2 cm³/mol. The molecule has 0 aliphatic carbocycles. The van der Waals surface area contributed by atoms with Crippen LogP contribution < -0.4 is 21.9 Å². The fourth-order valence-corrected chi connectivity index (χ4v) is 0.779. The monoisotopic (exact) mass is 208 g/mol. The lowest BCUT2D eigenvalue weighted by Gasteiger charge is -2.12. The van der Waals surface area contributed by atoms with Crippen molar-refractivity contribution in [1.29, 1.82) is 0 Å². The number of alkyl halides is 3. The Kier molecular flexibility index (Phi) is 2.28. The Balaban J connectivity index is 3.09. The maximum absolute atomic E-state index is 11.8. The van der Waals surface area contributed by atoms with Crippen LogP contribution >= 0.6 is 0 Å². The van der Waals surface area contributed by atoms with E-state index in [1.165, 1.54) is 0 Å². The second-order valence-electron chi connectivity index (χ2n) is 2.39. The molecule has 0 saturated heterocycles. The number of ether oxygens (including phenoxy) is 1. The number of hydrogen-bond donors (Lipinski definition) is 3. The highest BCUT2D eigenvalue weighted by molar-refractivity contribution is 5.69. The van der Waals surface area contributed by atoms with Crippen LogP contribution in [0.3, 0.4) is 0 Å². The summed E-state index contributed by atoms with van der Waals surface area (Å²) in [6.45, 7) is 0. The summed E-state index contributed by atoms with van der Waals surface area (Å²) in [5.41, 5.74) is 15.1. The van der Waals surface area contributed by atoms with Gasteiger partial charge in [-0.3, -0.25) is 0 Å². The first-order valence-electron chi connectivity index (χ1n) is 3.37. The molecular weight excluding hydrogens is 201 g/mol. The van der Waals surface area contributed by atoms with E-state index in [1.807, 2.05) is 0 Å². The van der Waals surface area contributed by atoms with E-state index < -0.39 is 17.8 Å². The Labute approximate surface area is 76.6 Å². The van der Waals surface area contributed by atoms with Crippen molar-refractivity contribution in [2.75, 3.05) is 17.2 Å². The smallest absolute Gasteiger partial charge is 0.403 e. The molecule has 0 unspecified atom stereocenters. The summed E-state index contributed by atoms with van der Waals surface area (Å²) in [4.78, 5) is 3.45. The summed E-state index contributed by atoms with van der Waals surface area (Å²) in [5.74, 6) is -1.15. The third kappa shape index (κ3) is 2.31. The second kappa shape index (κ2) is 3.13. The van der Waals surface area contributed by atoms with Crippen molar-refractivity contribution in [2.24, 2.45) is 0 Å². The standard InChI is InChI=1S/C6H7F3N4O/c7-6(8,9)14-2-1-3(10)13-5(12)4(2)11/h1H,11H2,(H4,10,12,13). The second-order valence-corrected chi connectivity index (χ2v) is 2.39. The van der Waals surface area contributed by atoms with Gasteiger partial charge in [0.1, 0.15) is 11.5 Å². The Morgan fingerprint density at radius 2 is 1.79 bits per heavy atom. The zero-order valence-electron chi connectivity index (χ0n) is 6.80. The first kappa shape index (κ1) is 10.2. The van der Waals surface area contributed by atoms with Crippen LogP contribution in [0.25, 0.3) is 0 Å². The van der Waals surface area contributed by atoms with Crippen LogP contribution in [0.15, 0.2) is 6.07 Å². The number of pyridine rings is 1. The molecule has 0 aliphatic rings. The molecule has 0 amide bonds. The summed E-state index contributed by atoms with van der Waals surface area (Å²) >= 11 is 0. The van der Waals surface area contributed by atoms with Gasteiger partial charge in [-0.05, 0) is 0 Å². The Morgan fingerprint density at radius 3 is 2.29 bits per heavy atom. The maximum atomic E-state index is 11.8. The van der Waals surface area contributed by atoms with Gasteiger partial charge in [-0.15, -0.1) is 13.2 Å². The average molecular weight is 208 g/mol. The van der Waals surface area contributed by atoms with E-state index in [9.17, 15) is 13.2 Å². The zero-order valence-corrected chi connectivity index (χ0v) is 6.80. The molecule has 1 aromatic rings. The predicted octanol–water partition coefficient (Wildman–Crippen LogP) is 0.727. The van der Waals surface area contributed by atoms with Crippen molar-refractivity contribution in [3.8, 4) is 5.75 Å². The summed E-state index contributed by atoms with van der Waals surface area (Å²) in [5, 5.41) is 0. The van der Waals surface area contributed by atoms with Crippen molar-refractivity contribution in [3.05, 3.63) is 6.07 Å². The maximum Gasteiger partial charge on any atom is 0.573 e. The fraction of sp³-hybridized carbons (Fsp3) is 0.167. The molecule has 14 heavy (non-hydrogen) atoms. The van der Waals surface area contributed by atoms with Crippen molar-refractivity contribution >= 4 is 17.3 Å². The average Bonchev–Trinajstić information content (AvgIpc) is 1.96. The highest BCUT2D eigenvalue weighted by Crippen LogP contribution is 2.32. The van der Waals surface area contributed by atoms with Gasteiger partial charge in [-0.1, -0.05) is 0 Å².